The predicted molar refractivity (Wildman–Crippen MR) is 191 cm³/mol. The van der Waals surface area contributed by atoms with Crippen LogP contribution in [0.5, 0.6) is 0 Å². The molecule has 4 saturated heterocycles. The quantitative estimate of drug-likeness (QED) is 0.306. The van der Waals surface area contributed by atoms with Gasteiger partial charge in [-0.15, -0.1) is 0 Å². The number of carbonyl (C=O) groups excluding carboxylic acids is 7. The van der Waals surface area contributed by atoms with Crippen LogP contribution >= 0.6 is 0 Å². The van der Waals surface area contributed by atoms with Crippen LogP contribution in [0, 0.1) is 12.8 Å². The topological polar surface area (TPSA) is 213 Å². The molecule has 7 atom stereocenters. The van der Waals surface area contributed by atoms with Gasteiger partial charge in [0.1, 0.15) is 48.6 Å². The van der Waals surface area contributed by atoms with Crippen molar-refractivity contribution < 1.29 is 42.8 Å². The third kappa shape index (κ3) is 8.66. The summed E-state index contributed by atoms with van der Waals surface area (Å²) in [6.07, 6.45) is 2.94. The molecule has 0 radical (unpaired) electrons. The fourth-order valence-corrected chi connectivity index (χ4v) is 7.78. The average Bonchev–Trinajstić information content (AvgIpc) is 3.91. The minimum absolute atomic E-state index is 0.0388. The van der Waals surface area contributed by atoms with E-state index in [2.05, 4.69) is 26.4 Å². The molecule has 290 valence electrons. The number of cyclic esters (lactones) is 1. The Kier molecular flexibility index (Phi) is 11.8. The minimum atomic E-state index is -1.45. The van der Waals surface area contributed by atoms with Crippen molar-refractivity contribution in [2.75, 3.05) is 31.6 Å². The Hall–Kier alpha value is -5.48. The highest BCUT2D eigenvalue weighted by molar-refractivity contribution is 5.98. The number of piperidine rings is 1. The number of amides is 7. The SMILES string of the molecule is Cc1cc(NC(=O)NC(Cc2ccccc2)C(=O)NC2COC(=O)C3CC(C)CN3C(=O)C(C)NC(=O)C3CCCCN3C(=O)C3CCCN3C2=O)no1. The van der Waals surface area contributed by atoms with E-state index in [1.54, 1.807) is 38.1 Å². The van der Waals surface area contributed by atoms with Gasteiger partial charge >= 0.3 is 12.0 Å². The molecule has 5 heterocycles. The normalized spacial score (nSPS) is 27.3. The van der Waals surface area contributed by atoms with Crippen LogP contribution in [0.2, 0.25) is 0 Å². The molecule has 0 saturated carbocycles. The van der Waals surface area contributed by atoms with E-state index in [1.165, 1.54) is 20.8 Å². The summed E-state index contributed by atoms with van der Waals surface area (Å²) in [5.74, 6) is -2.96. The molecule has 4 N–H and O–H groups in total. The number of aromatic nitrogens is 1. The smallest absolute Gasteiger partial charge is 0.328 e. The van der Waals surface area contributed by atoms with E-state index >= 15 is 0 Å². The summed E-state index contributed by atoms with van der Waals surface area (Å²) in [6.45, 7) is 5.28. The third-order valence-corrected chi connectivity index (χ3v) is 10.5. The van der Waals surface area contributed by atoms with E-state index in [9.17, 15) is 33.6 Å². The van der Waals surface area contributed by atoms with Crippen molar-refractivity contribution in [2.24, 2.45) is 5.92 Å². The van der Waals surface area contributed by atoms with Gasteiger partial charge in [0.05, 0.1) is 0 Å². The molecule has 4 aliphatic rings. The fraction of sp³-hybridized carbons (Fsp3) is 0.568. The van der Waals surface area contributed by atoms with Gasteiger partial charge in [-0.05, 0) is 63.9 Å². The third-order valence-electron chi connectivity index (χ3n) is 10.5. The number of benzene rings is 1. The number of hydrogen-bond donors (Lipinski definition) is 4. The van der Waals surface area contributed by atoms with E-state index in [1.807, 2.05) is 13.0 Å². The zero-order valence-corrected chi connectivity index (χ0v) is 30.7. The molecule has 6 rings (SSSR count). The zero-order valence-electron chi connectivity index (χ0n) is 30.7. The Balaban J connectivity index is 1.29. The second-order valence-electron chi connectivity index (χ2n) is 14.7. The lowest BCUT2D eigenvalue weighted by atomic mass is 9.99. The van der Waals surface area contributed by atoms with Gasteiger partial charge in [0.25, 0.3) is 0 Å². The van der Waals surface area contributed by atoms with Crippen LogP contribution in [0.4, 0.5) is 10.6 Å². The summed E-state index contributed by atoms with van der Waals surface area (Å²) < 4.78 is 10.7. The number of esters is 1. The molecule has 17 heteroatoms. The summed E-state index contributed by atoms with van der Waals surface area (Å²) in [5.41, 5.74) is 0.714. The number of anilines is 1. The lowest BCUT2D eigenvalue weighted by Gasteiger charge is -2.39. The molecule has 1 aromatic carbocycles. The molecule has 54 heavy (non-hydrogen) atoms. The standard InChI is InChI=1S/C37H48N8O9/c1-21-16-29-36(51)53-20-26(39-31(46)25(18-24-10-5-4-6-11-24)40-37(52)41-30-17-22(2)54-42-30)34(49)44-15-9-13-28(44)35(50)43-14-8-7-12-27(43)32(47)38-23(3)33(48)45(29)19-21/h4-6,10-11,17,21,23,25-29H,7-9,12-16,18-20H2,1-3H3,(H,38,47)(H,39,46)(H2,40,41,42,52). The molecule has 0 bridgehead atoms. The van der Waals surface area contributed by atoms with Crippen LogP contribution < -0.4 is 21.3 Å². The Morgan fingerprint density at radius 3 is 2.37 bits per heavy atom. The maximum absolute atomic E-state index is 14.4. The zero-order chi connectivity index (χ0) is 38.5. The molecule has 17 nitrogen and oxygen atoms in total. The first-order valence-electron chi connectivity index (χ1n) is 18.6. The number of hydrogen-bond acceptors (Lipinski definition) is 10. The maximum Gasteiger partial charge on any atom is 0.328 e. The number of rotatable bonds is 6. The van der Waals surface area contributed by atoms with Crippen molar-refractivity contribution >= 4 is 47.4 Å². The van der Waals surface area contributed by atoms with E-state index in [-0.39, 0.29) is 31.2 Å². The number of carbonyl (C=O) groups is 7. The van der Waals surface area contributed by atoms with Gasteiger partial charge in [0.2, 0.25) is 29.5 Å². The Morgan fingerprint density at radius 1 is 0.907 bits per heavy atom. The minimum Gasteiger partial charge on any atom is -0.461 e. The van der Waals surface area contributed by atoms with Gasteiger partial charge in [-0.1, -0.05) is 42.4 Å². The molecule has 4 fully saturated rings. The molecular weight excluding hydrogens is 700 g/mol. The Morgan fingerprint density at radius 2 is 1.63 bits per heavy atom. The lowest BCUT2D eigenvalue weighted by Crippen LogP contribution is -2.62. The molecule has 1 aromatic heterocycles. The van der Waals surface area contributed by atoms with E-state index in [0.717, 1.165) is 0 Å². The first kappa shape index (κ1) is 38.3. The highest BCUT2D eigenvalue weighted by atomic mass is 16.5. The van der Waals surface area contributed by atoms with E-state index in [0.29, 0.717) is 56.4 Å². The number of aryl methyl sites for hydroxylation is 1. The van der Waals surface area contributed by atoms with Crippen LogP contribution in [0.3, 0.4) is 0 Å². The number of fused-ring (bicyclic) bond motifs is 3. The van der Waals surface area contributed by atoms with Crippen LogP contribution in [-0.2, 0) is 39.9 Å². The van der Waals surface area contributed by atoms with Gasteiger partial charge in [-0.3, -0.25) is 29.3 Å². The molecule has 4 aliphatic heterocycles. The van der Waals surface area contributed by atoms with Gasteiger partial charge in [0.15, 0.2) is 5.82 Å². The molecule has 0 spiro atoms. The number of nitrogens with one attached hydrogen (secondary N) is 4. The summed E-state index contributed by atoms with van der Waals surface area (Å²) in [5, 5.41) is 14.4. The van der Waals surface area contributed by atoms with Crippen molar-refractivity contribution in [3.8, 4) is 0 Å². The van der Waals surface area contributed by atoms with E-state index in [4.69, 9.17) is 9.26 Å². The second-order valence-corrected chi connectivity index (χ2v) is 14.7. The highest BCUT2D eigenvalue weighted by Crippen LogP contribution is 2.28. The summed E-state index contributed by atoms with van der Waals surface area (Å²) in [7, 11) is 0. The molecule has 7 amide bonds. The van der Waals surface area contributed by atoms with Gasteiger partial charge in [0, 0.05) is 32.1 Å². The lowest BCUT2D eigenvalue weighted by molar-refractivity contribution is -0.158. The van der Waals surface area contributed by atoms with Crippen molar-refractivity contribution in [2.45, 2.75) is 102 Å². The molecule has 0 aliphatic carbocycles. The van der Waals surface area contributed by atoms with Gasteiger partial charge < -0.3 is 39.9 Å². The summed E-state index contributed by atoms with van der Waals surface area (Å²) >= 11 is 0. The van der Waals surface area contributed by atoms with Gasteiger partial charge in [-0.25, -0.2) is 9.59 Å². The summed E-state index contributed by atoms with van der Waals surface area (Å²) in [4.78, 5) is 101. The average molecular weight is 749 g/mol. The molecule has 2 aromatic rings. The van der Waals surface area contributed by atoms with Crippen molar-refractivity contribution in [1.29, 1.82) is 0 Å². The number of nitrogens with zero attached hydrogens (tertiary/aromatic N) is 4. The highest BCUT2D eigenvalue weighted by Gasteiger charge is 2.46. The molecule has 7 unspecified atom stereocenters. The van der Waals surface area contributed by atoms with Crippen molar-refractivity contribution in [3.63, 3.8) is 0 Å². The Bertz CT molecular complexity index is 1750. The first-order valence-corrected chi connectivity index (χ1v) is 18.6. The fourth-order valence-electron chi connectivity index (χ4n) is 7.78. The maximum atomic E-state index is 14.4. The number of ether oxygens (including phenoxy) is 1. The van der Waals surface area contributed by atoms with Gasteiger partial charge in [-0.2, -0.15) is 0 Å². The number of urea groups is 1. The van der Waals surface area contributed by atoms with E-state index < -0.39 is 84.4 Å². The van der Waals surface area contributed by atoms with Crippen molar-refractivity contribution in [1.82, 2.24) is 35.8 Å². The van der Waals surface area contributed by atoms with Crippen LogP contribution in [0.25, 0.3) is 0 Å². The van der Waals surface area contributed by atoms with Crippen molar-refractivity contribution in [3.05, 3.63) is 47.7 Å². The summed E-state index contributed by atoms with van der Waals surface area (Å²) in [6, 6.07) is 3.33. The first-order chi connectivity index (χ1) is 25.9. The molecular formula is C37H48N8O9. The second kappa shape index (κ2) is 16.7. The van der Waals surface area contributed by atoms with Crippen LogP contribution in [0.1, 0.15) is 63.7 Å². The largest absolute Gasteiger partial charge is 0.461 e. The van der Waals surface area contributed by atoms with Crippen LogP contribution in [0.15, 0.2) is 40.9 Å². The predicted octanol–water partition coefficient (Wildman–Crippen LogP) is 0.871. The monoisotopic (exact) mass is 748 g/mol. The van der Waals surface area contributed by atoms with Crippen LogP contribution in [-0.4, -0.2) is 124 Å². The Labute approximate surface area is 312 Å².